The van der Waals surface area contributed by atoms with Gasteiger partial charge in [-0.15, -0.1) is 0 Å². The van der Waals surface area contributed by atoms with Crippen molar-refractivity contribution in [1.29, 1.82) is 0 Å². The molecular weight excluding hydrogens is 204 g/mol. The summed E-state index contributed by atoms with van der Waals surface area (Å²) in [6, 6.07) is 24.4. The minimum Gasteiger partial charge on any atom is -0.0616 e. The zero-order chi connectivity index (χ0) is 11.7. The van der Waals surface area contributed by atoms with E-state index >= 15 is 0 Å². The van der Waals surface area contributed by atoms with Crippen molar-refractivity contribution in [2.75, 3.05) is 0 Å². The van der Waals surface area contributed by atoms with E-state index in [4.69, 9.17) is 0 Å². The van der Waals surface area contributed by atoms with Crippen molar-refractivity contribution in [3.63, 3.8) is 0 Å². The molecule has 0 fully saturated rings. The Morgan fingerprint density at radius 1 is 0.765 bits per heavy atom. The van der Waals surface area contributed by atoms with Crippen LogP contribution in [0.25, 0.3) is 21.9 Å². The first-order chi connectivity index (χ1) is 8.36. The molecule has 0 N–H and O–H groups in total. The standard InChI is InChI=1S/C17H13/c1-13-7-2-4-10-15(13)17-12-6-9-14-8-3-5-11-16(14)17/h2-6,8-12H,1H3. The highest BCUT2D eigenvalue weighted by atomic mass is 14.1. The maximum atomic E-state index is 3.26. The van der Waals surface area contributed by atoms with Crippen LogP contribution in [-0.2, 0) is 0 Å². The van der Waals surface area contributed by atoms with Gasteiger partial charge in [0.15, 0.2) is 0 Å². The van der Waals surface area contributed by atoms with E-state index in [-0.39, 0.29) is 0 Å². The lowest BCUT2D eigenvalue weighted by molar-refractivity contribution is 1.46. The summed E-state index contributed by atoms with van der Waals surface area (Å²) in [5, 5.41) is 2.59. The maximum absolute atomic E-state index is 3.26. The van der Waals surface area contributed by atoms with Gasteiger partial charge in [-0.25, -0.2) is 0 Å². The van der Waals surface area contributed by atoms with Crippen LogP contribution in [0.2, 0.25) is 0 Å². The number of aryl methyl sites for hydroxylation is 1. The smallest absolute Gasteiger partial charge is 0.0103 e. The highest BCUT2D eigenvalue weighted by molar-refractivity contribution is 5.97. The van der Waals surface area contributed by atoms with Gasteiger partial charge in [0.25, 0.3) is 0 Å². The third kappa shape index (κ3) is 1.72. The number of benzene rings is 3. The van der Waals surface area contributed by atoms with Crippen LogP contribution in [0.5, 0.6) is 0 Å². The second-order valence-corrected chi connectivity index (χ2v) is 4.24. The minimum absolute atomic E-state index is 1.20. The molecule has 0 aliphatic carbocycles. The van der Waals surface area contributed by atoms with E-state index in [1.807, 2.05) is 12.1 Å². The molecule has 0 heteroatoms. The summed E-state index contributed by atoms with van der Waals surface area (Å²) in [6.07, 6.45) is 0. The van der Waals surface area contributed by atoms with Crippen LogP contribution < -0.4 is 0 Å². The monoisotopic (exact) mass is 217 g/mol. The van der Waals surface area contributed by atoms with E-state index in [2.05, 4.69) is 61.5 Å². The van der Waals surface area contributed by atoms with E-state index in [9.17, 15) is 0 Å². The van der Waals surface area contributed by atoms with Gasteiger partial charge in [0.05, 0.1) is 0 Å². The summed E-state index contributed by atoms with van der Waals surface area (Å²) in [6.45, 7) is 2.11. The zero-order valence-corrected chi connectivity index (χ0v) is 9.77. The molecule has 0 unspecified atom stereocenters. The van der Waals surface area contributed by atoms with Gasteiger partial charge >= 0.3 is 0 Å². The van der Waals surface area contributed by atoms with Gasteiger partial charge in [-0.2, -0.15) is 0 Å². The molecule has 0 aromatic heterocycles. The summed E-state index contributed by atoms with van der Waals surface area (Å²) in [4.78, 5) is 0. The SMILES string of the molecule is Cc1[c]cccc1-c1cccc2ccccc12. The van der Waals surface area contributed by atoms with Crippen molar-refractivity contribution in [1.82, 2.24) is 0 Å². The molecule has 0 nitrogen and oxygen atoms in total. The van der Waals surface area contributed by atoms with Crippen LogP contribution >= 0.6 is 0 Å². The molecule has 0 atom stereocenters. The molecule has 3 aromatic rings. The van der Waals surface area contributed by atoms with Crippen LogP contribution in [0.15, 0.2) is 60.7 Å². The Kier molecular flexibility index (Phi) is 2.41. The fourth-order valence-electron chi connectivity index (χ4n) is 2.27. The molecule has 17 heavy (non-hydrogen) atoms. The van der Waals surface area contributed by atoms with Gasteiger partial charge in [-0.3, -0.25) is 0 Å². The molecule has 0 saturated heterocycles. The van der Waals surface area contributed by atoms with Crippen LogP contribution in [0.3, 0.4) is 0 Å². The van der Waals surface area contributed by atoms with Gasteiger partial charge in [0.2, 0.25) is 0 Å². The zero-order valence-electron chi connectivity index (χ0n) is 9.77. The molecule has 3 aromatic carbocycles. The first kappa shape index (κ1) is 10.1. The molecule has 0 amide bonds. The first-order valence-electron chi connectivity index (χ1n) is 5.82. The summed E-state index contributed by atoms with van der Waals surface area (Å²) < 4.78 is 0. The first-order valence-corrected chi connectivity index (χ1v) is 5.82. The molecule has 0 aliphatic rings. The lowest BCUT2D eigenvalue weighted by Crippen LogP contribution is -1.84. The fraction of sp³-hybridized carbons (Fsp3) is 0.0588. The molecule has 0 heterocycles. The molecule has 0 spiro atoms. The molecule has 0 aliphatic heterocycles. The molecular formula is C17H13. The van der Waals surface area contributed by atoms with Crippen molar-refractivity contribution in [2.24, 2.45) is 0 Å². The van der Waals surface area contributed by atoms with Crippen LogP contribution in [0.1, 0.15) is 5.56 Å². The third-order valence-electron chi connectivity index (χ3n) is 3.14. The predicted octanol–water partition coefficient (Wildman–Crippen LogP) is 4.62. The van der Waals surface area contributed by atoms with Crippen LogP contribution in [0, 0.1) is 13.0 Å². The van der Waals surface area contributed by atoms with E-state index in [0.717, 1.165) is 0 Å². The van der Waals surface area contributed by atoms with Gasteiger partial charge in [-0.1, -0.05) is 60.7 Å². The van der Waals surface area contributed by atoms with Gasteiger partial charge < -0.3 is 0 Å². The van der Waals surface area contributed by atoms with Crippen molar-refractivity contribution >= 4 is 10.8 Å². The van der Waals surface area contributed by atoms with Crippen molar-refractivity contribution in [3.05, 3.63) is 72.3 Å². The Hall–Kier alpha value is -2.08. The van der Waals surface area contributed by atoms with E-state index in [0.29, 0.717) is 0 Å². The van der Waals surface area contributed by atoms with E-state index in [1.54, 1.807) is 0 Å². The Balaban J connectivity index is 2.35. The second-order valence-electron chi connectivity index (χ2n) is 4.24. The van der Waals surface area contributed by atoms with Crippen molar-refractivity contribution in [3.8, 4) is 11.1 Å². The molecule has 0 saturated carbocycles. The summed E-state index contributed by atoms with van der Waals surface area (Å²) in [7, 11) is 0. The maximum Gasteiger partial charge on any atom is -0.0103 e. The van der Waals surface area contributed by atoms with Crippen LogP contribution in [0.4, 0.5) is 0 Å². The van der Waals surface area contributed by atoms with Gasteiger partial charge in [0.1, 0.15) is 0 Å². The molecule has 0 bridgehead atoms. The van der Waals surface area contributed by atoms with E-state index < -0.39 is 0 Å². The van der Waals surface area contributed by atoms with E-state index in [1.165, 1.54) is 27.5 Å². The number of rotatable bonds is 1. The highest BCUT2D eigenvalue weighted by Gasteiger charge is 2.04. The quantitative estimate of drug-likeness (QED) is 0.558. The second kappa shape index (κ2) is 4.06. The predicted molar refractivity (Wildman–Crippen MR) is 73.0 cm³/mol. The molecule has 81 valence electrons. The molecule has 1 radical (unpaired) electrons. The topological polar surface area (TPSA) is 0 Å². The summed E-state index contributed by atoms with van der Waals surface area (Å²) >= 11 is 0. The van der Waals surface area contributed by atoms with Crippen molar-refractivity contribution in [2.45, 2.75) is 6.92 Å². The number of hydrogen-bond acceptors (Lipinski definition) is 0. The van der Waals surface area contributed by atoms with Gasteiger partial charge in [0, 0.05) is 0 Å². The lowest BCUT2D eigenvalue weighted by Gasteiger charge is -2.09. The highest BCUT2D eigenvalue weighted by Crippen LogP contribution is 2.30. The average molecular weight is 217 g/mol. The lowest BCUT2D eigenvalue weighted by atomic mass is 9.95. The van der Waals surface area contributed by atoms with Crippen molar-refractivity contribution < 1.29 is 0 Å². The normalized spacial score (nSPS) is 10.6. The third-order valence-corrected chi connectivity index (χ3v) is 3.14. The largest absolute Gasteiger partial charge is 0.0616 e. The Morgan fingerprint density at radius 3 is 2.41 bits per heavy atom. The minimum atomic E-state index is 1.20. The Bertz CT molecular complexity index is 660. The fourth-order valence-corrected chi connectivity index (χ4v) is 2.27. The van der Waals surface area contributed by atoms with Crippen LogP contribution in [-0.4, -0.2) is 0 Å². The Morgan fingerprint density at radius 2 is 1.53 bits per heavy atom. The average Bonchev–Trinajstić information content (AvgIpc) is 2.39. The Labute approximate surface area is 102 Å². The van der Waals surface area contributed by atoms with Gasteiger partial charge in [-0.05, 0) is 40.5 Å². The molecule has 3 rings (SSSR count). The summed E-state index contributed by atoms with van der Waals surface area (Å²) in [5.74, 6) is 0. The number of hydrogen-bond donors (Lipinski definition) is 0. The summed E-state index contributed by atoms with van der Waals surface area (Å²) in [5.41, 5.74) is 3.76. The number of fused-ring (bicyclic) bond motifs is 1.